The van der Waals surface area contributed by atoms with Gasteiger partial charge in [0.15, 0.2) is 0 Å². The van der Waals surface area contributed by atoms with Crippen LogP contribution in [0, 0.1) is 0 Å². The second-order valence-electron chi connectivity index (χ2n) is 3.20. The number of benzene rings is 1. The van der Waals surface area contributed by atoms with Crippen LogP contribution in [0.4, 0.5) is 5.69 Å². The van der Waals surface area contributed by atoms with Crippen molar-refractivity contribution < 1.29 is 4.79 Å². The van der Waals surface area contributed by atoms with Crippen LogP contribution in [0.15, 0.2) is 47.3 Å². The largest absolute Gasteiger partial charge is 0.366 e. The van der Waals surface area contributed by atoms with E-state index >= 15 is 0 Å². The normalized spacial score (nSPS) is 10.3. The Labute approximate surface area is 94.2 Å². The maximum atomic E-state index is 11.1. The van der Waals surface area contributed by atoms with E-state index in [1.807, 2.05) is 0 Å². The van der Waals surface area contributed by atoms with Crippen molar-refractivity contribution in [3.63, 3.8) is 0 Å². The van der Waals surface area contributed by atoms with Gasteiger partial charge in [0.05, 0.1) is 12.1 Å². The Morgan fingerprint density at radius 3 is 2.88 bits per heavy atom. The van der Waals surface area contributed by atoms with Gasteiger partial charge in [-0.15, -0.1) is 11.7 Å². The van der Waals surface area contributed by atoms with Crippen molar-refractivity contribution in [2.45, 2.75) is 0 Å². The molecule has 0 aromatic heterocycles. The fraction of sp³-hybridized carbons (Fsp3) is 0.182. The van der Waals surface area contributed by atoms with Gasteiger partial charge in [0.25, 0.3) is 5.91 Å². The summed E-state index contributed by atoms with van der Waals surface area (Å²) in [4.78, 5) is 11.1. The Hall–Kier alpha value is -2.17. The van der Waals surface area contributed by atoms with Gasteiger partial charge in [0.2, 0.25) is 0 Å². The van der Waals surface area contributed by atoms with Crippen LogP contribution in [-0.2, 0) is 0 Å². The number of carbonyl (C=O) groups is 1. The number of rotatable bonds is 5. The molecule has 0 atom stereocenters. The number of amides is 1. The van der Waals surface area contributed by atoms with Crippen LogP contribution in [0.1, 0.15) is 10.4 Å². The zero-order valence-corrected chi connectivity index (χ0v) is 9.13. The van der Waals surface area contributed by atoms with Gasteiger partial charge in [-0.3, -0.25) is 9.80 Å². The molecule has 0 aliphatic heterocycles. The van der Waals surface area contributed by atoms with Crippen LogP contribution in [0.2, 0.25) is 0 Å². The highest BCUT2D eigenvalue weighted by atomic mass is 16.1. The minimum Gasteiger partial charge on any atom is -0.366 e. The van der Waals surface area contributed by atoms with Crippen molar-refractivity contribution in [3.8, 4) is 0 Å². The Bertz CT molecular complexity index is 414. The molecule has 0 fully saturated rings. The molecule has 5 heteroatoms. The van der Waals surface area contributed by atoms with E-state index < -0.39 is 5.91 Å². The van der Waals surface area contributed by atoms with E-state index in [2.05, 4.69) is 16.9 Å². The summed E-state index contributed by atoms with van der Waals surface area (Å²) in [5.41, 5.74) is 6.03. The molecule has 84 valence electrons. The van der Waals surface area contributed by atoms with Gasteiger partial charge in [-0.05, 0) is 12.1 Å². The van der Waals surface area contributed by atoms with E-state index in [0.29, 0.717) is 17.8 Å². The Kier molecular flexibility index (Phi) is 4.20. The highest BCUT2D eigenvalue weighted by molar-refractivity contribution is 5.97. The van der Waals surface area contributed by atoms with E-state index in [0.717, 1.165) is 0 Å². The number of nitrogens with zero attached hydrogens (tertiary/aromatic N) is 3. The Balaban J connectivity index is 2.88. The molecule has 1 aromatic rings. The van der Waals surface area contributed by atoms with Crippen molar-refractivity contribution in [1.29, 1.82) is 0 Å². The number of likely N-dealkylation sites (N-methyl/N-ethyl adjacent to an activating group) is 1. The van der Waals surface area contributed by atoms with Crippen LogP contribution in [-0.4, -0.2) is 24.5 Å². The minimum atomic E-state index is -0.513. The lowest BCUT2D eigenvalue weighted by molar-refractivity contribution is 0.100. The summed E-state index contributed by atoms with van der Waals surface area (Å²) < 4.78 is 0. The molecule has 0 bridgehead atoms. The standard InChI is InChI=1S/C11H14N4O/c1-3-8-15(2)14-13-10-7-5-4-6-9(10)11(12)16/h3-7H,1,8H2,2H3,(H2,12,16)/b14-13+. The molecule has 0 heterocycles. The van der Waals surface area contributed by atoms with Gasteiger partial charge in [-0.25, -0.2) is 0 Å². The topological polar surface area (TPSA) is 71.1 Å². The fourth-order valence-corrected chi connectivity index (χ4v) is 1.12. The highest BCUT2D eigenvalue weighted by Crippen LogP contribution is 2.18. The van der Waals surface area contributed by atoms with Crippen LogP contribution in [0.3, 0.4) is 0 Å². The lowest BCUT2D eigenvalue weighted by Crippen LogP contribution is -2.11. The monoisotopic (exact) mass is 218 g/mol. The number of hydrogen-bond donors (Lipinski definition) is 1. The van der Waals surface area contributed by atoms with Gasteiger partial charge in [0.1, 0.15) is 5.69 Å². The third-order valence-electron chi connectivity index (χ3n) is 1.87. The minimum absolute atomic E-state index is 0.359. The van der Waals surface area contributed by atoms with E-state index in [1.54, 1.807) is 42.4 Å². The van der Waals surface area contributed by atoms with Crippen LogP contribution < -0.4 is 5.73 Å². The molecule has 2 N–H and O–H groups in total. The predicted molar refractivity (Wildman–Crippen MR) is 62.3 cm³/mol. The molecule has 0 saturated carbocycles. The molecule has 16 heavy (non-hydrogen) atoms. The van der Waals surface area contributed by atoms with E-state index in [-0.39, 0.29) is 0 Å². The van der Waals surface area contributed by atoms with Crippen molar-refractivity contribution in [2.75, 3.05) is 13.6 Å². The first-order valence-electron chi connectivity index (χ1n) is 4.77. The molecule has 1 aromatic carbocycles. The first-order valence-corrected chi connectivity index (χ1v) is 4.77. The zero-order chi connectivity index (χ0) is 12.0. The van der Waals surface area contributed by atoms with Gasteiger partial charge in [-0.1, -0.05) is 23.4 Å². The Morgan fingerprint density at radius 2 is 2.25 bits per heavy atom. The summed E-state index contributed by atoms with van der Waals surface area (Å²) in [6.07, 6.45) is 1.71. The van der Waals surface area contributed by atoms with E-state index in [4.69, 9.17) is 5.73 Å². The quantitative estimate of drug-likeness (QED) is 0.465. The number of hydrogen-bond acceptors (Lipinski definition) is 3. The predicted octanol–water partition coefficient (Wildman–Crippen LogP) is 1.90. The number of primary amides is 1. The summed E-state index contributed by atoms with van der Waals surface area (Å²) in [7, 11) is 1.76. The first kappa shape index (κ1) is 11.9. The van der Waals surface area contributed by atoms with Crippen LogP contribution in [0.25, 0.3) is 0 Å². The first-order chi connectivity index (χ1) is 7.65. The van der Waals surface area contributed by atoms with Gasteiger partial charge < -0.3 is 5.73 Å². The summed E-state index contributed by atoms with van der Waals surface area (Å²) in [5.74, 6) is -0.513. The number of carbonyl (C=O) groups excluding carboxylic acids is 1. The highest BCUT2D eigenvalue weighted by Gasteiger charge is 2.05. The molecular weight excluding hydrogens is 204 g/mol. The molecule has 0 unspecified atom stereocenters. The Morgan fingerprint density at radius 1 is 1.56 bits per heavy atom. The smallest absolute Gasteiger partial charge is 0.250 e. The number of nitrogens with two attached hydrogens (primary N) is 1. The summed E-state index contributed by atoms with van der Waals surface area (Å²) in [6, 6.07) is 6.80. The molecular formula is C11H14N4O. The lowest BCUT2D eigenvalue weighted by Gasteiger charge is -2.07. The molecule has 1 rings (SSSR count). The summed E-state index contributed by atoms with van der Waals surface area (Å²) in [5, 5.41) is 9.46. The second kappa shape index (κ2) is 5.65. The molecule has 1 amide bonds. The van der Waals surface area contributed by atoms with Gasteiger partial charge in [0, 0.05) is 7.05 Å². The van der Waals surface area contributed by atoms with Gasteiger partial charge >= 0.3 is 0 Å². The molecule has 0 aliphatic rings. The van der Waals surface area contributed by atoms with Crippen molar-refractivity contribution in [1.82, 2.24) is 5.01 Å². The van der Waals surface area contributed by atoms with Crippen LogP contribution >= 0.6 is 0 Å². The average molecular weight is 218 g/mol. The molecule has 0 spiro atoms. The third-order valence-corrected chi connectivity index (χ3v) is 1.87. The third kappa shape index (κ3) is 3.20. The summed E-state index contributed by atoms with van der Waals surface area (Å²) in [6.45, 7) is 4.17. The maximum absolute atomic E-state index is 11.1. The van der Waals surface area contributed by atoms with Crippen molar-refractivity contribution in [2.24, 2.45) is 16.1 Å². The average Bonchev–Trinajstić information content (AvgIpc) is 2.27. The van der Waals surface area contributed by atoms with Gasteiger partial charge in [-0.2, -0.15) is 0 Å². The lowest BCUT2D eigenvalue weighted by atomic mass is 10.2. The van der Waals surface area contributed by atoms with E-state index in [9.17, 15) is 4.79 Å². The van der Waals surface area contributed by atoms with E-state index in [1.165, 1.54) is 0 Å². The maximum Gasteiger partial charge on any atom is 0.250 e. The van der Waals surface area contributed by atoms with Crippen LogP contribution in [0.5, 0.6) is 0 Å². The zero-order valence-electron chi connectivity index (χ0n) is 9.13. The fourth-order valence-electron chi connectivity index (χ4n) is 1.12. The molecule has 0 radical (unpaired) electrons. The summed E-state index contributed by atoms with van der Waals surface area (Å²) >= 11 is 0. The molecule has 0 saturated heterocycles. The molecule has 5 nitrogen and oxygen atoms in total. The SMILES string of the molecule is C=CCN(C)/N=N/c1ccccc1C(N)=O. The second-order valence-corrected chi connectivity index (χ2v) is 3.20. The molecule has 0 aliphatic carbocycles. The van der Waals surface area contributed by atoms with Crippen molar-refractivity contribution >= 4 is 11.6 Å². The van der Waals surface area contributed by atoms with Crippen molar-refractivity contribution in [3.05, 3.63) is 42.5 Å².